The third-order valence-corrected chi connectivity index (χ3v) is 4.70. The summed E-state index contributed by atoms with van der Waals surface area (Å²) in [5, 5.41) is 7.54. The highest BCUT2D eigenvalue weighted by atomic mass is 35.5. The Morgan fingerprint density at radius 2 is 1.92 bits per heavy atom. The first-order chi connectivity index (χ1) is 12.4. The van der Waals surface area contributed by atoms with Crippen molar-refractivity contribution in [2.75, 3.05) is 0 Å². The smallest absolute Gasteiger partial charge is 0.244 e. The van der Waals surface area contributed by atoms with Crippen LogP contribution >= 0.6 is 11.6 Å². The van der Waals surface area contributed by atoms with Crippen LogP contribution in [0.4, 0.5) is 8.78 Å². The number of ether oxygens (including phenoxy) is 1. The number of nitrogens with zero attached hydrogens (tertiary/aromatic N) is 2. The van der Waals surface area contributed by atoms with Gasteiger partial charge >= 0.3 is 0 Å². The van der Waals surface area contributed by atoms with Crippen molar-refractivity contribution in [2.45, 2.75) is 50.8 Å². The fourth-order valence-electron chi connectivity index (χ4n) is 3.08. The van der Waals surface area contributed by atoms with Gasteiger partial charge in [-0.2, -0.15) is 5.10 Å². The van der Waals surface area contributed by atoms with Crippen LogP contribution in [-0.2, 0) is 4.79 Å². The van der Waals surface area contributed by atoms with Gasteiger partial charge < -0.3 is 10.1 Å². The molecule has 5 nitrogen and oxygen atoms in total. The van der Waals surface area contributed by atoms with E-state index in [1.807, 2.05) is 0 Å². The average molecular weight is 384 g/mol. The molecule has 1 amide bonds. The number of halogens is 3. The highest BCUT2D eigenvalue weighted by Gasteiger charge is 2.26. The number of rotatable bonds is 5. The van der Waals surface area contributed by atoms with E-state index >= 15 is 0 Å². The zero-order chi connectivity index (χ0) is 18.7. The van der Waals surface area contributed by atoms with Gasteiger partial charge in [0.1, 0.15) is 23.4 Å². The summed E-state index contributed by atoms with van der Waals surface area (Å²) in [6, 6.07) is 2.75. The van der Waals surface area contributed by atoms with Gasteiger partial charge in [-0.15, -0.1) is 0 Å². The summed E-state index contributed by atoms with van der Waals surface area (Å²) in [6.07, 6.45) is 5.85. The van der Waals surface area contributed by atoms with Gasteiger partial charge in [-0.1, -0.05) is 11.6 Å². The highest BCUT2D eigenvalue weighted by Crippen LogP contribution is 2.25. The number of carbonyl (C=O) groups excluding carboxylic acids is 1. The van der Waals surface area contributed by atoms with Gasteiger partial charge in [0, 0.05) is 30.4 Å². The molecular formula is C18H20ClF2N3O2. The molecule has 26 heavy (non-hydrogen) atoms. The maximum Gasteiger partial charge on any atom is 0.244 e. The average Bonchev–Trinajstić information content (AvgIpc) is 3.01. The molecule has 1 heterocycles. The molecule has 3 rings (SSSR count). The first-order valence-electron chi connectivity index (χ1n) is 8.53. The predicted octanol–water partition coefficient (Wildman–Crippen LogP) is 3.88. The van der Waals surface area contributed by atoms with Gasteiger partial charge in [0.05, 0.1) is 17.3 Å². The van der Waals surface area contributed by atoms with E-state index in [1.54, 1.807) is 13.1 Å². The van der Waals surface area contributed by atoms with Crippen molar-refractivity contribution in [3.63, 3.8) is 0 Å². The molecule has 1 aliphatic carbocycles. The Balaban J connectivity index is 1.48. The molecule has 0 aliphatic heterocycles. The molecule has 2 aromatic rings. The Morgan fingerprint density at radius 1 is 1.27 bits per heavy atom. The summed E-state index contributed by atoms with van der Waals surface area (Å²) in [5.74, 6) is -1.25. The second-order valence-corrected chi connectivity index (χ2v) is 6.96. The summed E-state index contributed by atoms with van der Waals surface area (Å²) in [6.45, 7) is 1.76. The minimum Gasteiger partial charge on any atom is -0.490 e. The van der Waals surface area contributed by atoms with E-state index in [1.165, 1.54) is 23.0 Å². The second kappa shape index (κ2) is 8.03. The monoisotopic (exact) mass is 383 g/mol. The minimum atomic E-state index is -0.659. The Bertz CT molecular complexity index is 755. The van der Waals surface area contributed by atoms with Crippen molar-refractivity contribution in [2.24, 2.45) is 0 Å². The maximum absolute atomic E-state index is 13.2. The van der Waals surface area contributed by atoms with Crippen LogP contribution in [0.2, 0.25) is 5.02 Å². The summed E-state index contributed by atoms with van der Waals surface area (Å²) in [4.78, 5) is 12.3. The third kappa shape index (κ3) is 4.72. The van der Waals surface area contributed by atoms with Gasteiger partial charge in [0.15, 0.2) is 0 Å². The van der Waals surface area contributed by atoms with Crippen LogP contribution in [0.15, 0.2) is 30.6 Å². The highest BCUT2D eigenvalue weighted by molar-refractivity contribution is 6.30. The fraction of sp³-hybridized carbons (Fsp3) is 0.444. The maximum atomic E-state index is 13.2. The molecule has 1 N–H and O–H groups in total. The molecule has 8 heteroatoms. The van der Waals surface area contributed by atoms with Gasteiger partial charge in [-0.25, -0.2) is 8.78 Å². The van der Waals surface area contributed by atoms with Gasteiger partial charge in [-0.05, 0) is 32.6 Å². The Morgan fingerprint density at radius 3 is 2.50 bits per heavy atom. The molecule has 0 bridgehead atoms. The van der Waals surface area contributed by atoms with E-state index in [4.69, 9.17) is 16.3 Å². The van der Waals surface area contributed by atoms with E-state index in [0.29, 0.717) is 17.9 Å². The van der Waals surface area contributed by atoms with Gasteiger partial charge in [0.25, 0.3) is 0 Å². The molecule has 1 saturated carbocycles. The van der Waals surface area contributed by atoms with E-state index in [9.17, 15) is 13.6 Å². The molecule has 1 aromatic carbocycles. The summed E-state index contributed by atoms with van der Waals surface area (Å²) >= 11 is 5.83. The lowest BCUT2D eigenvalue weighted by molar-refractivity contribution is -0.125. The lowest BCUT2D eigenvalue weighted by atomic mass is 9.92. The van der Waals surface area contributed by atoms with Crippen molar-refractivity contribution >= 4 is 17.5 Å². The number of nitrogens with one attached hydrogen (secondary N) is 1. The van der Waals surface area contributed by atoms with Crippen LogP contribution in [-0.4, -0.2) is 27.8 Å². The molecule has 0 saturated heterocycles. The Labute approximate surface area is 155 Å². The van der Waals surface area contributed by atoms with Crippen LogP contribution in [0.1, 0.15) is 38.6 Å². The van der Waals surface area contributed by atoms with E-state index in [-0.39, 0.29) is 23.8 Å². The van der Waals surface area contributed by atoms with Crippen molar-refractivity contribution in [1.82, 2.24) is 15.1 Å². The van der Waals surface area contributed by atoms with Gasteiger partial charge in [0.2, 0.25) is 5.91 Å². The molecule has 140 valence electrons. The second-order valence-electron chi connectivity index (χ2n) is 6.52. The van der Waals surface area contributed by atoms with E-state index in [2.05, 4.69) is 10.4 Å². The fourth-order valence-corrected chi connectivity index (χ4v) is 3.23. The summed E-state index contributed by atoms with van der Waals surface area (Å²) < 4.78 is 33.6. The number of carbonyl (C=O) groups is 1. The van der Waals surface area contributed by atoms with Crippen LogP contribution in [0.25, 0.3) is 0 Å². The first-order valence-corrected chi connectivity index (χ1v) is 8.91. The topological polar surface area (TPSA) is 56.1 Å². The number of amides is 1. The number of aromatic nitrogens is 2. The Kier molecular flexibility index (Phi) is 5.76. The molecule has 1 unspecified atom stereocenters. The SMILES string of the molecule is CC(C(=O)NC1CCC(Oc2cc(F)cc(F)c2)CC1)n1cc(Cl)cn1. The number of benzene rings is 1. The zero-order valence-electron chi connectivity index (χ0n) is 14.3. The lowest BCUT2D eigenvalue weighted by Crippen LogP contribution is -2.42. The quantitative estimate of drug-likeness (QED) is 0.852. The summed E-state index contributed by atoms with van der Waals surface area (Å²) in [5.41, 5.74) is 0. The molecule has 1 aromatic heterocycles. The van der Waals surface area contributed by atoms with Crippen molar-refractivity contribution < 1.29 is 18.3 Å². The number of hydrogen-bond acceptors (Lipinski definition) is 3. The van der Waals surface area contributed by atoms with Crippen LogP contribution in [0.3, 0.4) is 0 Å². The van der Waals surface area contributed by atoms with Crippen molar-refractivity contribution in [3.05, 3.63) is 47.2 Å². The van der Waals surface area contributed by atoms with E-state index < -0.39 is 17.7 Å². The van der Waals surface area contributed by atoms with Crippen LogP contribution in [0, 0.1) is 11.6 Å². The minimum absolute atomic E-state index is 0.0417. The molecule has 1 fully saturated rings. The summed E-state index contributed by atoms with van der Waals surface area (Å²) in [7, 11) is 0. The normalized spacial score (nSPS) is 21.2. The molecule has 0 radical (unpaired) electrons. The lowest BCUT2D eigenvalue weighted by Gasteiger charge is -2.30. The first kappa shape index (κ1) is 18.6. The number of hydrogen-bond donors (Lipinski definition) is 1. The predicted molar refractivity (Wildman–Crippen MR) is 93.1 cm³/mol. The molecular weight excluding hydrogens is 364 g/mol. The standard InChI is InChI=1S/C18H20ClF2N3O2/c1-11(24-10-12(19)9-22-24)18(25)23-15-2-4-16(5-3-15)26-17-7-13(20)6-14(21)8-17/h6-11,15-16H,2-5H2,1H3,(H,23,25). The van der Waals surface area contributed by atoms with Crippen molar-refractivity contribution in [1.29, 1.82) is 0 Å². The molecule has 0 spiro atoms. The van der Waals surface area contributed by atoms with Gasteiger partial charge in [-0.3, -0.25) is 9.48 Å². The zero-order valence-corrected chi connectivity index (χ0v) is 15.0. The third-order valence-electron chi connectivity index (χ3n) is 4.51. The van der Waals surface area contributed by atoms with Crippen molar-refractivity contribution in [3.8, 4) is 5.75 Å². The van der Waals surface area contributed by atoms with Crippen LogP contribution < -0.4 is 10.1 Å². The largest absolute Gasteiger partial charge is 0.490 e. The van der Waals surface area contributed by atoms with Crippen LogP contribution in [0.5, 0.6) is 5.75 Å². The van der Waals surface area contributed by atoms with E-state index in [0.717, 1.165) is 18.9 Å². The molecule has 1 atom stereocenters. The Hall–Kier alpha value is -2.15. The molecule has 1 aliphatic rings.